The molecule has 68 heavy (non-hydrogen) atoms. The van der Waals surface area contributed by atoms with Crippen molar-refractivity contribution in [3.63, 3.8) is 0 Å². The third kappa shape index (κ3) is 10.6. The van der Waals surface area contributed by atoms with Crippen LogP contribution in [-0.2, 0) is 53.8 Å². The second-order valence-electron chi connectivity index (χ2n) is 19.8. The lowest BCUT2D eigenvalue weighted by Gasteiger charge is -2.36. The number of pyridine rings is 1. The molecule has 0 spiro atoms. The second kappa shape index (κ2) is 19.4. The van der Waals surface area contributed by atoms with Crippen LogP contribution in [0.5, 0.6) is 0 Å². The maximum Gasteiger partial charge on any atom is 0.407 e. The summed E-state index contributed by atoms with van der Waals surface area (Å²) < 4.78 is 33.2. The molecule has 2 fully saturated rings. The molecule has 5 heterocycles. The molecule has 364 valence electrons. The number of rotatable bonds is 17. The van der Waals surface area contributed by atoms with E-state index in [4.69, 9.17) is 4.74 Å². The summed E-state index contributed by atoms with van der Waals surface area (Å²) in [5.41, 5.74) is 3.92. The fourth-order valence-electron chi connectivity index (χ4n) is 9.96. The highest BCUT2D eigenvalue weighted by Gasteiger charge is 2.47. The van der Waals surface area contributed by atoms with E-state index in [0.29, 0.717) is 72.8 Å². The van der Waals surface area contributed by atoms with Gasteiger partial charge in [-0.05, 0) is 99.6 Å². The fourth-order valence-corrected chi connectivity index (χ4v) is 10.8. The highest BCUT2D eigenvalue weighted by Crippen LogP contribution is 2.48. The minimum atomic E-state index is -3.76. The maximum atomic E-state index is 14.7. The molecule has 0 radical (unpaired) electrons. The number of imide groups is 1. The molecule has 4 aliphatic heterocycles. The van der Waals surface area contributed by atoms with Gasteiger partial charge in [-0.25, -0.2) is 13.2 Å². The number of ether oxygens (including phenoxy) is 1. The number of unbranched alkanes of at least 4 members (excludes halogenated alkanes) is 3. The van der Waals surface area contributed by atoms with Crippen LogP contribution in [0.4, 0.5) is 4.79 Å². The van der Waals surface area contributed by atoms with Gasteiger partial charge in [0.2, 0.25) is 17.7 Å². The van der Waals surface area contributed by atoms with E-state index in [-0.39, 0.29) is 53.9 Å². The third-order valence-electron chi connectivity index (χ3n) is 13.3. The summed E-state index contributed by atoms with van der Waals surface area (Å²) in [7, 11) is -2.16. The van der Waals surface area contributed by atoms with E-state index in [1.54, 1.807) is 51.0 Å². The lowest BCUT2D eigenvalue weighted by Crippen LogP contribution is -2.52. The van der Waals surface area contributed by atoms with Gasteiger partial charge in [0.15, 0.2) is 9.84 Å². The quantitative estimate of drug-likeness (QED) is 0.114. The summed E-state index contributed by atoms with van der Waals surface area (Å²) in [5, 5.41) is 14.4. The summed E-state index contributed by atoms with van der Waals surface area (Å²) in [6.45, 7) is 6.80. The van der Waals surface area contributed by atoms with E-state index in [1.165, 1.54) is 4.57 Å². The first kappa shape index (κ1) is 48.2. The number of fused-ring (bicyclic) bond motifs is 3. The van der Waals surface area contributed by atoms with E-state index in [1.807, 2.05) is 18.3 Å². The van der Waals surface area contributed by atoms with Gasteiger partial charge in [0.05, 0.1) is 28.6 Å². The molecule has 6 aliphatic rings. The smallest absolute Gasteiger partial charge is 0.407 e. The zero-order chi connectivity index (χ0) is 48.7. The molecule has 2 aliphatic carbocycles. The van der Waals surface area contributed by atoms with Crippen LogP contribution < -0.4 is 32.1 Å². The van der Waals surface area contributed by atoms with Gasteiger partial charge in [0.1, 0.15) is 17.7 Å². The zero-order valence-corrected chi connectivity index (χ0v) is 40.2. The Labute approximate surface area is 396 Å². The first-order valence-corrected chi connectivity index (χ1v) is 25.7. The van der Waals surface area contributed by atoms with E-state index in [0.717, 1.165) is 55.9 Å². The number of benzene rings is 1. The maximum absolute atomic E-state index is 14.7. The minimum Gasteiger partial charge on any atom is -0.444 e. The van der Waals surface area contributed by atoms with Gasteiger partial charge in [0.25, 0.3) is 17.4 Å². The summed E-state index contributed by atoms with van der Waals surface area (Å²) in [5.74, 6) is -1.87. The van der Waals surface area contributed by atoms with E-state index in [9.17, 15) is 42.0 Å². The molecule has 6 amide bonds. The summed E-state index contributed by atoms with van der Waals surface area (Å²) in [4.78, 5) is 96.5. The van der Waals surface area contributed by atoms with Crippen molar-refractivity contribution in [3.05, 3.63) is 91.6 Å². The molecule has 5 N–H and O–H groups in total. The van der Waals surface area contributed by atoms with Gasteiger partial charge in [0, 0.05) is 88.0 Å². The fraction of sp³-hybridized carbons (Fsp3) is 0.531. The molecule has 1 saturated heterocycles. The monoisotopic (exact) mass is 954 g/mol. The molecule has 2 aromatic rings. The first-order valence-electron chi connectivity index (χ1n) is 23.7. The average Bonchev–Trinajstić information content (AvgIpc) is 3.95. The Morgan fingerprint density at radius 3 is 2.37 bits per heavy atom. The minimum absolute atomic E-state index is 0.120. The molecule has 1 aromatic carbocycles. The van der Waals surface area contributed by atoms with Crippen LogP contribution >= 0.6 is 0 Å². The van der Waals surface area contributed by atoms with E-state index >= 15 is 0 Å². The topological polar surface area (TPSA) is 234 Å². The van der Waals surface area contributed by atoms with Gasteiger partial charge in [-0.3, -0.25) is 34.1 Å². The Kier molecular flexibility index (Phi) is 13.8. The molecule has 1 aromatic heterocycles. The Balaban J connectivity index is 0.978. The number of hydrogen-bond donors (Lipinski definition) is 5. The van der Waals surface area contributed by atoms with Crippen molar-refractivity contribution in [1.29, 1.82) is 0 Å². The zero-order valence-electron chi connectivity index (χ0n) is 39.4. The number of nitrogens with one attached hydrogen (secondary N) is 5. The van der Waals surface area contributed by atoms with Crippen molar-refractivity contribution in [2.45, 2.75) is 115 Å². The molecule has 19 heteroatoms. The highest BCUT2D eigenvalue weighted by molar-refractivity contribution is 7.91. The Morgan fingerprint density at radius 1 is 0.897 bits per heavy atom. The number of aromatic nitrogens is 1. The number of carbonyl (C=O) groups excluding carboxylic acids is 6. The van der Waals surface area contributed by atoms with Gasteiger partial charge in [-0.15, -0.1) is 0 Å². The summed E-state index contributed by atoms with van der Waals surface area (Å²) in [6, 6.07) is 5.41. The van der Waals surface area contributed by atoms with Gasteiger partial charge in [-0.1, -0.05) is 25.0 Å². The molecule has 1 saturated carbocycles. The Morgan fingerprint density at radius 2 is 1.65 bits per heavy atom. The summed E-state index contributed by atoms with van der Waals surface area (Å²) >= 11 is 0. The van der Waals surface area contributed by atoms with Gasteiger partial charge < -0.3 is 40.4 Å². The molecule has 18 nitrogen and oxygen atoms in total. The molecule has 0 bridgehead atoms. The number of carbonyl (C=O) groups is 6. The Hall–Kier alpha value is -6.24. The highest BCUT2D eigenvalue weighted by atomic mass is 32.2. The van der Waals surface area contributed by atoms with Crippen molar-refractivity contribution in [3.8, 4) is 0 Å². The van der Waals surface area contributed by atoms with Crippen LogP contribution in [0.15, 0.2) is 58.2 Å². The van der Waals surface area contributed by atoms with Crippen LogP contribution in [0, 0.1) is 5.92 Å². The first-order chi connectivity index (χ1) is 32.3. The van der Waals surface area contributed by atoms with Crippen LogP contribution in [0.2, 0.25) is 0 Å². The van der Waals surface area contributed by atoms with Crippen LogP contribution in [0.25, 0.3) is 11.3 Å². The summed E-state index contributed by atoms with van der Waals surface area (Å²) in [6.07, 6.45) is 10.6. The van der Waals surface area contributed by atoms with Crippen molar-refractivity contribution in [1.82, 2.24) is 41.0 Å². The number of piperidine rings is 1. The number of aryl methyl sites for hydroxylation is 2. The number of amides is 6. The van der Waals surface area contributed by atoms with Crippen molar-refractivity contribution >= 4 is 56.7 Å². The lowest BCUT2D eigenvalue weighted by atomic mass is 9.86. The van der Waals surface area contributed by atoms with E-state index < -0.39 is 62.8 Å². The molecular weight excluding hydrogens is 893 g/mol. The lowest BCUT2D eigenvalue weighted by molar-refractivity contribution is -0.137. The van der Waals surface area contributed by atoms with Gasteiger partial charge in [-0.2, -0.15) is 0 Å². The normalized spacial score (nSPS) is 21.0. The predicted octanol–water partition coefficient (Wildman–Crippen LogP) is 2.57. The largest absolute Gasteiger partial charge is 0.444 e. The number of hydrogen-bond acceptors (Lipinski definition) is 12. The second-order valence-corrected chi connectivity index (χ2v) is 22.0. The molecular formula is C49H62N8O10S. The Bertz CT molecular complexity index is 2710. The molecule has 8 rings (SSSR count). The molecule has 3 unspecified atom stereocenters. The number of sulfone groups is 1. The van der Waals surface area contributed by atoms with Crippen molar-refractivity contribution < 1.29 is 41.9 Å². The van der Waals surface area contributed by atoms with Crippen molar-refractivity contribution in [2.24, 2.45) is 13.0 Å². The standard InChI is InChI=1S/C49H62N8O10S/c1-49(2,3)67-48(64)52-21-20-51-43(59)35-23-37-40-33(25-56(37)24-28-14-15-28)39(34(27-68(5,65)66)30-18-22-55(4)47(63)41(30)42(40)53-35)45(61)50-19-9-7-6-8-11-29-12-10-13-31-32(29)26-57(46(31)62)36-16-17-38(58)54-44(36)60/h10,12-13,18,22,25,28,35-37,53H,6-9,11,14-17,19-21,23-24,26-27H2,1-5H3,(H,50,61)(H,51,59)(H,52,64)(H,54,58,60). The van der Waals surface area contributed by atoms with Crippen LogP contribution in [-0.4, -0.2) is 120 Å². The number of alkyl carbamates (subject to hydrolysis) is 1. The number of nitrogens with zero attached hydrogens (tertiary/aromatic N) is 3. The molecule has 3 atom stereocenters. The third-order valence-corrected chi connectivity index (χ3v) is 14.1. The SMILES string of the molecule is Cn1ccc2c(c1=O)C1=C3C(=CN(CC4CC4)C3CC(C(=O)NCCNC(=O)OC(C)(C)C)N1)C(C(=O)NCCCCCCc1cccc3c1CN(C1CCC(=O)NC1=O)C3=O)=C2CS(C)(=O)=O. The van der Waals surface area contributed by atoms with Crippen LogP contribution in [0.3, 0.4) is 0 Å². The van der Waals surface area contributed by atoms with E-state index in [2.05, 4.69) is 31.5 Å². The van der Waals surface area contributed by atoms with Crippen molar-refractivity contribution in [2.75, 3.05) is 38.2 Å². The van der Waals surface area contributed by atoms with Crippen LogP contribution in [0.1, 0.15) is 111 Å². The van der Waals surface area contributed by atoms with Gasteiger partial charge >= 0.3 is 6.09 Å². The average molecular weight is 955 g/mol. The predicted molar refractivity (Wildman–Crippen MR) is 253 cm³/mol.